The lowest BCUT2D eigenvalue weighted by molar-refractivity contribution is -0.118. The first-order valence-corrected chi connectivity index (χ1v) is 8.57. The molecule has 0 aromatic rings. The van der Waals surface area contributed by atoms with Crippen molar-refractivity contribution in [3.05, 3.63) is 22.5 Å². The second kappa shape index (κ2) is 6.88. The van der Waals surface area contributed by atoms with Gasteiger partial charge in [0.05, 0.1) is 0 Å². The number of likely N-dealkylation sites (tertiary alicyclic amines) is 2. The molecule has 2 heterocycles. The zero-order chi connectivity index (χ0) is 17.1. The van der Waals surface area contributed by atoms with E-state index in [9.17, 15) is 20.1 Å². The normalized spacial score (nSPS) is 22.6. The summed E-state index contributed by atoms with van der Waals surface area (Å²) in [5, 5.41) is 19.0. The number of piperidine rings is 2. The fourth-order valence-corrected chi connectivity index (χ4v) is 3.72. The monoisotopic (exact) mass is 324 g/mol. The van der Waals surface area contributed by atoms with Gasteiger partial charge in [0.1, 0.15) is 34.7 Å². The van der Waals surface area contributed by atoms with Gasteiger partial charge in [0.2, 0.25) is 11.6 Å². The first kappa shape index (κ1) is 16.3. The van der Waals surface area contributed by atoms with Gasteiger partial charge >= 0.3 is 0 Å². The van der Waals surface area contributed by atoms with Gasteiger partial charge in [-0.1, -0.05) is 0 Å². The molecular formula is C18H20N4O2. The summed E-state index contributed by atoms with van der Waals surface area (Å²) in [5.41, 5.74) is 0.0852. The standard InChI is InChI=1S/C18H20N4O2/c19-11-13-15(21-7-3-1-4-8-21)17(23)14(12-20)16(18(13)24)22-9-5-2-6-10-22/h1-10H2. The van der Waals surface area contributed by atoms with Crippen molar-refractivity contribution < 1.29 is 9.59 Å². The number of carbonyl (C=O) groups excluding carboxylic acids is 2. The molecule has 2 saturated heterocycles. The summed E-state index contributed by atoms with van der Waals surface area (Å²) in [4.78, 5) is 29.5. The molecular weight excluding hydrogens is 304 g/mol. The molecule has 6 heteroatoms. The Labute approximate surface area is 141 Å². The SMILES string of the molecule is N#CC1=C(N2CCCCC2)C(=O)C(C#N)=C(N2CCCCC2)C1=O. The van der Waals surface area contributed by atoms with Crippen LogP contribution >= 0.6 is 0 Å². The van der Waals surface area contributed by atoms with Gasteiger partial charge in [-0.05, 0) is 38.5 Å². The first-order chi connectivity index (χ1) is 11.7. The van der Waals surface area contributed by atoms with E-state index < -0.39 is 11.6 Å². The molecule has 0 bridgehead atoms. The predicted molar refractivity (Wildman–Crippen MR) is 86.1 cm³/mol. The minimum atomic E-state index is -0.462. The van der Waals surface area contributed by atoms with Crippen LogP contribution in [0.4, 0.5) is 0 Å². The Morgan fingerprint density at radius 3 is 1.25 bits per heavy atom. The first-order valence-electron chi connectivity index (χ1n) is 8.57. The highest BCUT2D eigenvalue weighted by molar-refractivity contribution is 6.27. The van der Waals surface area contributed by atoms with Gasteiger partial charge in [0.25, 0.3) is 0 Å². The van der Waals surface area contributed by atoms with E-state index in [0.717, 1.165) is 38.5 Å². The van der Waals surface area contributed by atoms with Crippen LogP contribution in [0.5, 0.6) is 0 Å². The van der Waals surface area contributed by atoms with Crippen molar-refractivity contribution in [2.45, 2.75) is 38.5 Å². The summed E-state index contributed by atoms with van der Waals surface area (Å²) in [6.45, 7) is 2.60. The lowest BCUT2D eigenvalue weighted by Gasteiger charge is -2.36. The van der Waals surface area contributed by atoms with Crippen molar-refractivity contribution in [3.8, 4) is 12.1 Å². The van der Waals surface area contributed by atoms with Gasteiger partial charge in [-0.3, -0.25) is 9.59 Å². The second-order valence-electron chi connectivity index (χ2n) is 6.42. The van der Waals surface area contributed by atoms with E-state index in [1.807, 2.05) is 21.9 Å². The third-order valence-electron chi connectivity index (χ3n) is 4.93. The molecule has 0 aromatic heterocycles. The maximum Gasteiger partial charge on any atom is 0.223 e. The number of hydrogen-bond acceptors (Lipinski definition) is 6. The average molecular weight is 324 g/mol. The molecule has 0 N–H and O–H groups in total. The van der Waals surface area contributed by atoms with Gasteiger partial charge in [-0.25, -0.2) is 0 Å². The third-order valence-corrected chi connectivity index (χ3v) is 4.93. The van der Waals surface area contributed by atoms with Gasteiger partial charge in [-0.15, -0.1) is 0 Å². The average Bonchev–Trinajstić information content (AvgIpc) is 2.64. The fraction of sp³-hybridized carbons (Fsp3) is 0.556. The second-order valence-corrected chi connectivity index (χ2v) is 6.42. The Hall–Kier alpha value is -2.60. The Bertz CT molecular complexity index is 646. The topological polar surface area (TPSA) is 88.2 Å². The molecule has 0 radical (unpaired) electrons. The molecule has 0 aromatic carbocycles. The number of hydrogen-bond donors (Lipinski definition) is 0. The van der Waals surface area contributed by atoms with E-state index >= 15 is 0 Å². The molecule has 24 heavy (non-hydrogen) atoms. The van der Waals surface area contributed by atoms with E-state index in [0.29, 0.717) is 26.2 Å². The summed E-state index contributed by atoms with van der Waals surface area (Å²) < 4.78 is 0. The Morgan fingerprint density at radius 1 is 0.625 bits per heavy atom. The molecule has 0 unspecified atom stereocenters. The lowest BCUT2D eigenvalue weighted by Crippen LogP contribution is -2.42. The van der Waals surface area contributed by atoms with Gasteiger partial charge in [0.15, 0.2) is 0 Å². The van der Waals surface area contributed by atoms with E-state index in [2.05, 4.69) is 0 Å². The quantitative estimate of drug-likeness (QED) is 0.718. The number of nitriles is 2. The zero-order valence-corrected chi connectivity index (χ0v) is 13.7. The summed E-state index contributed by atoms with van der Waals surface area (Å²) in [6, 6.07) is 3.89. The van der Waals surface area contributed by atoms with Crippen LogP contribution in [0.1, 0.15) is 38.5 Å². The van der Waals surface area contributed by atoms with Crippen molar-refractivity contribution in [2.24, 2.45) is 0 Å². The predicted octanol–water partition coefficient (Wildman–Crippen LogP) is 1.67. The molecule has 2 aliphatic heterocycles. The van der Waals surface area contributed by atoms with Crippen LogP contribution in [0.2, 0.25) is 0 Å². The molecule has 0 amide bonds. The molecule has 2 fully saturated rings. The minimum absolute atomic E-state index is 0.0959. The molecule has 6 nitrogen and oxygen atoms in total. The highest BCUT2D eigenvalue weighted by Gasteiger charge is 2.40. The van der Waals surface area contributed by atoms with Gasteiger partial charge in [-0.2, -0.15) is 10.5 Å². The van der Waals surface area contributed by atoms with Gasteiger partial charge < -0.3 is 9.80 Å². The van der Waals surface area contributed by atoms with Crippen molar-refractivity contribution >= 4 is 11.6 Å². The van der Waals surface area contributed by atoms with Crippen LogP contribution in [0.25, 0.3) is 0 Å². The Morgan fingerprint density at radius 2 is 0.958 bits per heavy atom. The highest BCUT2D eigenvalue weighted by Crippen LogP contribution is 2.31. The number of nitrogens with zero attached hydrogens (tertiary/aromatic N) is 4. The maximum atomic E-state index is 12.9. The van der Waals surface area contributed by atoms with E-state index in [1.54, 1.807) is 0 Å². The molecule has 0 atom stereocenters. The lowest BCUT2D eigenvalue weighted by atomic mass is 9.89. The number of Topliss-reactive ketones (excluding diaryl/α,β-unsaturated/α-hetero) is 2. The number of rotatable bonds is 2. The van der Waals surface area contributed by atoms with Crippen LogP contribution in [-0.2, 0) is 9.59 Å². The van der Waals surface area contributed by atoms with E-state index in [1.165, 1.54) is 0 Å². The smallest absolute Gasteiger partial charge is 0.223 e. The number of carbonyl (C=O) groups is 2. The van der Waals surface area contributed by atoms with Crippen LogP contribution in [-0.4, -0.2) is 47.5 Å². The van der Waals surface area contributed by atoms with Crippen LogP contribution in [0.3, 0.4) is 0 Å². The minimum Gasteiger partial charge on any atom is -0.367 e. The highest BCUT2D eigenvalue weighted by atomic mass is 16.1. The zero-order valence-electron chi connectivity index (χ0n) is 13.7. The summed E-state index contributed by atoms with van der Waals surface area (Å²) in [5.74, 6) is -0.924. The van der Waals surface area contributed by atoms with Crippen molar-refractivity contribution in [3.63, 3.8) is 0 Å². The van der Waals surface area contributed by atoms with E-state index in [-0.39, 0.29) is 22.5 Å². The molecule has 1 aliphatic carbocycles. The molecule has 3 rings (SSSR count). The van der Waals surface area contributed by atoms with Crippen molar-refractivity contribution in [1.82, 2.24) is 9.80 Å². The van der Waals surface area contributed by atoms with Crippen LogP contribution < -0.4 is 0 Å². The summed E-state index contributed by atoms with van der Waals surface area (Å²) >= 11 is 0. The van der Waals surface area contributed by atoms with Crippen LogP contribution in [0.15, 0.2) is 22.5 Å². The Balaban J connectivity index is 2.04. The molecule has 0 spiro atoms. The largest absolute Gasteiger partial charge is 0.367 e. The van der Waals surface area contributed by atoms with Crippen molar-refractivity contribution in [1.29, 1.82) is 10.5 Å². The van der Waals surface area contributed by atoms with Gasteiger partial charge in [0, 0.05) is 26.2 Å². The summed E-state index contributed by atoms with van der Waals surface area (Å²) in [6.07, 6.45) is 5.85. The summed E-state index contributed by atoms with van der Waals surface area (Å²) in [7, 11) is 0. The number of allylic oxidation sites excluding steroid dienone is 2. The van der Waals surface area contributed by atoms with E-state index in [4.69, 9.17) is 0 Å². The molecule has 3 aliphatic rings. The maximum absolute atomic E-state index is 12.9. The third kappa shape index (κ3) is 2.69. The van der Waals surface area contributed by atoms with Crippen LogP contribution in [0, 0.1) is 22.7 Å². The molecule has 124 valence electrons. The van der Waals surface area contributed by atoms with Crippen molar-refractivity contribution in [2.75, 3.05) is 26.2 Å². The fourth-order valence-electron chi connectivity index (χ4n) is 3.72. The Kier molecular flexibility index (Phi) is 4.66. The molecule has 0 saturated carbocycles. The number of ketones is 2.